The first-order chi connectivity index (χ1) is 16.3. The van der Waals surface area contributed by atoms with E-state index in [1.165, 1.54) is 12.7 Å². The minimum Gasteiger partial charge on any atom is -0.467 e. The van der Waals surface area contributed by atoms with Gasteiger partial charge in [-0.2, -0.15) is 0 Å². The van der Waals surface area contributed by atoms with Crippen LogP contribution in [0.1, 0.15) is 71.6 Å². The molecule has 188 valence electrons. The number of rotatable bonds is 5. The van der Waals surface area contributed by atoms with Crippen molar-refractivity contribution < 1.29 is 28.8 Å². The van der Waals surface area contributed by atoms with E-state index in [1.54, 1.807) is 0 Å². The Morgan fingerprint density at radius 1 is 1.24 bits per heavy atom. The number of methoxy groups -OCH3 is 1. The van der Waals surface area contributed by atoms with Gasteiger partial charge in [0.15, 0.2) is 11.9 Å². The summed E-state index contributed by atoms with van der Waals surface area (Å²) in [6, 6.07) is 0. The number of hydrogen-bond acceptors (Lipinski definition) is 6. The molecular weight excluding hydrogens is 432 g/mol. The summed E-state index contributed by atoms with van der Waals surface area (Å²) in [7, 11) is 1.37. The fraction of sp³-hybridized carbons (Fsp3) is 0.821. The normalized spacial score (nSPS) is 43.3. The smallest absolute Gasteiger partial charge is 0.338 e. The van der Waals surface area contributed by atoms with E-state index in [9.17, 15) is 9.90 Å². The molecule has 1 unspecified atom stereocenters. The van der Waals surface area contributed by atoms with Gasteiger partial charge < -0.3 is 24.1 Å². The topological polar surface area (TPSA) is 74.2 Å². The van der Waals surface area contributed by atoms with Gasteiger partial charge in [-0.05, 0) is 63.2 Å². The first kappa shape index (κ1) is 24.3. The molecule has 1 aliphatic heterocycles. The van der Waals surface area contributed by atoms with Crippen LogP contribution in [0.5, 0.6) is 0 Å². The summed E-state index contributed by atoms with van der Waals surface area (Å²) in [5, 5.41) is 12.1. The van der Waals surface area contributed by atoms with Gasteiger partial charge in [0.1, 0.15) is 5.60 Å². The lowest BCUT2D eigenvalue weighted by Gasteiger charge is -2.60. The van der Waals surface area contributed by atoms with E-state index in [4.69, 9.17) is 25.4 Å². The molecular formula is C28H40O6. The first-order valence-electron chi connectivity index (χ1n) is 13.1. The molecule has 1 N–H and O–H groups in total. The largest absolute Gasteiger partial charge is 0.467 e. The minimum atomic E-state index is -1.23. The van der Waals surface area contributed by atoms with Crippen LogP contribution in [0.3, 0.4) is 0 Å². The lowest BCUT2D eigenvalue weighted by Crippen LogP contribution is -2.61. The maximum absolute atomic E-state index is 12.7. The fourth-order valence-electron chi connectivity index (χ4n) is 8.82. The second-order valence-electron chi connectivity index (χ2n) is 11.4. The molecule has 6 nitrogen and oxygen atoms in total. The zero-order valence-corrected chi connectivity index (χ0v) is 20.9. The van der Waals surface area contributed by atoms with Crippen molar-refractivity contribution in [1.82, 2.24) is 0 Å². The quantitative estimate of drug-likeness (QED) is 0.370. The Bertz CT molecular complexity index is 884. The number of carbonyl (C=O) groups is 1. The van der Waals surface area contributed by atoms with Gasteiger partial charge in [-0.25, -0.2) is 4.79 Å². The standard InChI is InChI=1S/C28H40O6/c1-5-11-26-14-15-27(33-16-17-34-27)18-19(26)7-8-20-21-10-13-28(30,23(32-6-2)24(29)31-4)25(21,3)12-9-22(20)26/h1,7,20-23,30H,6,8-18H2,2-4H3/t20-,21-,22-,23?,25-,26-,28+/m0/s1. The lowest BCUT2D eigenvalue weighted by atomic mass is 9.45. The summed E-state index contributed by atoms with van der Waals surface area (Å²) in [6.45, 7) is 5.73. The van der Waals surface area contributed by atoms with Crippen LogP contribution in [0, 0.1) is 40.9 Å². The van der Waals surface area contributed by atoms with Crippen molar-refractivity contribution in [2.24, 2.45) is 28.6 Å². The van der Waals surface area contributed by atoms with Crippen LogP contribution in [-0.2, 0) is 23.7 Å². The van der Waals surface area contributed by atoms with E-state index in [2.05, 4.69) is 18.9 Å². The summed E-state index contributed by atoms with van der Waals surface area (Å²) >= 11 is 0. The summed E-state index contributed by atoms with van der Waals surface area (Å²) in [5.41, 5.74) is -0.212. The number of allylic oxidation sites excluding steroid dienone is 1. The van der Waals surface area contributed by atoms with Crippen LogP contribution in [0.4, 0.5) is 0 Å². The molecule has 0 aromatic rings. The van der Waals surface area contributed by atoms with Gasteiger partial charge in [0.2, 0.25) is 0 Å². The van der Waals surface area contributed by atoms with Crippen molar-refractivity contribution in [1.29, 1.82) is 0 Å². The fourth-order valence-corrected chi connectivity index (χ4v) is 8.82. The molecule has 6 heteroatoms. The third kappa shape index (κ3) is 3.27. The molecule has 0 aromatic heterocycles. The van der Waals surface area contributed by atoms with Gasteiger partial charge in [-0.3, -0.25) is 0 Å². The van der Waals surface area contributed by atoms with Crippen LogP contribution < -0.4 is 0 Å². The molecule has 3 saturated carbocycles. The van der Waals surface area contributed by atoms with Gasteiger partial charge in [0.25, 0.3) is 0 Å². The second-order valence-corrected chi connectivity index (χ2v) is 11.4. The highest BCUT2D eigenvalue weighted by Gasteiger charge is 2.68. The van der Waals surface area contributed by atoms with Crippen molar-refractivity contribution in [2.45, 2.75) is 89.1 Å². The van der Waals surface area contributed by atoms with Crippen molar-refractivity contribution in [3.63, 3.8) is 0 Å². The number of carbonyl (C=O) groups excluding carboxylic acids is 1. The molecule has 1 heterocycles. The number of fused-ring (bicyclic) bond motifs is 5. The van der Waals surface area contributed by atoms with Gasteiger partial charge in [-0.1, -0.05) is 18.6 Å². The highest BCUT2D eigenvalue weighted by molar-refractivity contribution is 5.76. The average Bonchev–Trinajstić information content (AvgIpc) is 3.40. The molecule has 1 saturated heterocycles. The first-order valence-corrected chi connectivity index (χ1v) is 13.1. The molecule has 0 aromatic carbocycles. The van der Waals surface area contributed by atoms with Gasteiger partial charge in [-0.15, -0.1) is 12.3 Å². The number of aliphatic hydroxyl groups is 1. The number of hydrogen-bond donors (Lipinski definition) is 1. The van der Waals surface area contributed by atoms with Crippen molar-refractivity contribution in [2.75, 3.05) is 26.9 Å². The molecule has 1 spiro atoms. The zero-order valence-electron chi connectivity index (χ0n) is 20.9. The van der Waals surface area contributed by atoms with Crippen LogP contribution in [0.2, 0.25) is 0 Å². The molecule has 7 atom stereocenters. The highest BCUT2D eigenvalue weighted by atomic mass is 16.7. The Morgan fingerprint density at radius 2 is 1.97 bits per heavy atom. The summed E-state index contributed by atoms with van der Waals surface area (Å²) in [4.78, 5) is 12.7. The Morgan fingerprint density at radius 3 is 2.65 bits per heavy atom. The Balaban J connectivity index is 1.47. The number of esters is 1. The predicted octanol–water partition coefficient (Wildman–Crippen LogP) is 4.00. The maximum atomic E-state index is 12.7. The summed E-state index contributed by atoms with van der Waals surface area (Å²) in [6.07, 6.45) is 15.2. The van der Waals surface area contributed by atoms with Crippen molar-refractivity contribution >= 4 is 5.97 Å². The Kier molecular flexibility index (Phi) is 6.16. The number of ether oxygens (including phenoxy) is 4. The minimum absolute atomic E-state index is 0.0120. The molecule has 0 bridgehead atoms. The van der Waals surface area contributed by atoms with E-state index in [1.807, 2.05) is 6.92 Å². The molecule has 4 fully saturated rings. The third-order valence-corrected chi connectivity index (χ3v) is 10.5. The Hall–Kier alpha value is -1.39. The van der Waals surface area contributed by atoms with E-state index in [-0.39, 0.29) is 5.41 Å². The molecule has 5 aliphatic rings. The van der Waals surface area contributed by atoms with Crippen LogP contribution in [0.25, 0.3) is 0 Å². The highest BCUT2D eigenvalue weighted by Crippen LogP contribution is 2.69. The molecule has 0 radical (unpaired) electrons. The van der Waals surface area contributed by atoms with E-state index in [0.717, 1.165) is 51.4 Å². The van der Waals surface area contributed by atoms with Gasteiger partial charge >= 0.3 is 5.97 Å². The summed E-state index contributed by atoms with van der Waals surface area (Å²) in [5.74, 6) is 3.32. The van der Waals surface area contributed by atoms with Crippen LogP contribution in [-0.4, -0.2) is 55.5 Å². The molecule has 4 aliphatic carbocycles. The lowest BCUT2D eigenvalue weighted by molar-refractivity contribution is -0.210. The predicted molar refractivity (Wildman–Crippen MR) is 126 cm³/mol. The van der Waals surface area contributed by atoms with E-state index >= 15 is 0 Å². The molecule has 34 heavy (non-hydrogen) atoms. The van der Waals surface area contributed by atoms with Crippen molar-refractivity contribution in [3.8, 4) is 12.3 Å². The average molecular weight is 473 g/mol. The number of terminal acetylenes is 1. The summed E-state index contributed by atoms with van der Waals surface area (Å²) < 4.78 is 23.1. The Labute approximate surface area is 203 Å². The van der Waals surface area contributed by atoms with E-state index < -0.39 is 28.9 Å². The van der Waals surface area contributed by atoms with Crippen LogP contribution >= 0.6 is 0 Å². The van der Waals surface area contributed by atoms with Crippen molar-refractivity contribution in [3.05, 3.63) is 11.6 Å². The van der Waals surface area contributed by atoms with Gasteiger partial charge in [0.05, 0.1) is 20.3 Å². The third-order valence-electron chi connectivity index (χ3n) is 10.5. The zero-order chi connectivity index (χ0) is 24.2. The van der Waals surface area contributed by atoms with Gasteiger partial charge in [0, 0.05) is 36.7 Å². The molecule has 5 rings (SSSR count). The van der Waals surface area contributed by atoms with E-state index in [0.29, 0.717) is 44.0 Å². The SMILES string of the molecule is C#CC[C@]12CCC3(CC1=CC[C@@H]1[C@@H]2CC[C@@]2(C)[C@H]1CC[C@@]2(O)C(OCC)C(=O)OC)OCCO3. The van der Waals surface area contributed by atoms with Crippen LogP contribution in [0.15, 0.2) is 11.6 Å². The molecule has 0 amide bonds. The maximum Gasteiger partial charge on any atom is 0.338 e. The monoisotopic (exact) mass is 472 g/mol. The second kappa shape index (κ2) is 8.62.